The number of benzene rings is 1. The lowest BCUT2D eigenvalue weighted by Gasteiger charge is -2.08. The van der Waals surface area contributed by atoms with Crippen LogP contribution >= 0.6 is 0 Å². The maximum atomic E-state index is 11.9. The zero-order valence-electron chi connectivity index (χ0n) is 10.3. The van der Waals surface area contributed by atoms with Gasteiger partial charge in [0.2, 0.25) is 5.91 Å². The Morgan fingerprint density at radius 1 is 1.32 bits per heavy atom. The summed E-state index contributed by atoms with van der Waals surface area (Å²) in [5.74, 6) is 0.688. The van der Waals surface area contributed by atoms with E-state index in [1.54, 1.807) is 12.1 Å². The number of carbonyl (C=O) groups excluding carboxylic acids is 2. The molecule has 1 aromatic carbocycles. The zero-order chi connectivity index (χ0) is 13.6. The molecule has 19 heavy (non-hydrogen) atoms. The van der Waals surface area contributed by atoms with Crippen LogP contribution in [0.1, 0.15) is 43.8 Å². The molecule has 3 N–H and O–H groups in total. The molecule has 1 unspecified atom stereocenters. The number of amides is 2. The molecule has 1 aromatic heterocycles. The molecule has 96 valence electrons. The van der Waals surface area contributed by atoms with Crippen LogP contribution in [0.3, 0.4) is 0 Å². The monoisotopic (exact) mass is 256 g/mol. The predicted molar refractivity (Wildman–Crippen MR) is 67.7 cm³/mol. The van der Waals surface area contributed by atoms with Gasteiger partial charge in [-0.05, 0) is 36.8 Å². The standard InChI is InChI=1S/C14H12N2O3/c1-7-2-5-11(19-7)12-9-4-3-8(13(15)17)6-10(9)14(18)16-12/h2-6,12H,1H3,(H2,15,17)(H,16,18). The number of aryl methyl sites for hydroxylation is 1. The first kappa shape index (κ1) is 11.5. The molecule has 2 heterocycles. The molecule has 3 rings (SSSR count). The minimum absolute atomic E-state index is 0.225. The van der Waals surface area contributed by atoms with Gasteiger partial charge in [-0.2, -0.15) is 0 Å². The topological polar surface area (TPSA) is 85.3 Å². The van der Waals surface area contributed by atoms with Crippen LogP contribution in [0.25, 0.3) is 0 Å². The van der Waals surface area contributed by atoms with Gasteiger partial charge in [0.25, 0.3) is 5.91 Å². The molecule has 0 radical (unpaired) electrons. The quantitative estimate of drug-likeness (QED) is 0.854. The Morgan fingerprint density at radius 2 is 2.11 bits per heavy atom. The molecular formula is C14H12N2O3. The summed E-state index contributed by atoms with van der Waals surface area (Å²) >= 11 is 0. The zero-order valence-corrected chi connectivity index (χ0v) is 10.3. The third-order valence-corrected chi connectivity index (χ3v) is 3.21. The van der Waals surface area contributed by atoms with Crippen molar-refractivity contribution < 1.29 is 14.0 Å². The van der Waals surface area contributed by atoms with Gasteiger partial charge in [-0.25, -0.2) is 0 Å². The number of furan rings is 1. The van der Waals surface area contributed by atoms with E-state index in [0.717, 1.165) is 11.3 Å². The van der Waals surface area contributed by atoms with Gasteiger partial charge >= 0.3 is 0 Å². The van der Waals surface area contributed by atoms with E-state index in [2.05, 4.69) is 5.32 Å². The van der Waals surface area contributed by atoms with Crippen LogP contribution in [-0.4, -0.2) is 11.8 Å². The van der Waals surface area contributed by atoms with E-state index >= 15 is 0 Å². The van der Waals surface area contributed by atoms with E-state index in [1.807, 2.05) is 19.1 Å². The van der Waals surface area contributed by atoms with E-state index in [4.69, 9.17) is 10.2 Å². The summed E-state index contributed by atoms with van der Waals surface area (Å²) in [6.07, 6.45) is 0. The maximum Gasteiger partial charge on any atom is 0.252 e. The van der Waals surface area contributed by atoms with E-state index < -0.39 is 5.91 Å². The van der Waals surface area contributed by atoms with Gasteiger partial charge in [-0.3, -0.25) is 9.59 Å². The van der Waals surface area contributed by atoms with E-state index in [1.165, 1.54) is 6.07 Å². The summed E-state index contributed by atoms with van der Waals surface area (Å²) in [6, 6.07) is 8.23. The lowest BCUT2D eigenvalue weighted by atomic mass is 10.0. The Morgan fingerprint density at radius 3 is 2.74 bits per heavy atom. The molecule has 2 amide bonds. The molecule has 1 aliphatic heterocycles. The van der Waals surface area contributed by atoms with Crippen molar-refractivity contribution in [3.05, 3.63) is 58.5 Å². The molecule has 2 aromatic rings. The van der Waals surface area contributed by atoms with Crippen LogP contribution in [0.4, 0.5) is 0 Å². The molecule has 5 nitrogen and oxygen atoms in total. The van der Waals surface area contributed by atoms with Crippen LogP contribution in [0.5, 0.6) is 0 Å². The summed E-state index contributed by atoms with van der Waals surface area (Å²) in [6.45, 7) is 1.84. The number of rotatable bonds is 2. The minimum atomic E-state index is -0.548. The number of hydrogen-bond acceptors (Lipinski definition) is 3. The van der Waals surface area contributed by atoms with Crippen molar-refractivity contribution in [2.45, 2.75) is 13.0 Å². The van der Waals surface area contributed by atoms with Crippen LogP contribution in [0.2, 0.25) is 0 Å². The molecule has 0 saturated carbocycles. The van der Waals surface area contributed by atoms with Gasteiger partial charge in [0, 0.05) is 11.1 Å². The lowest BCUT2D eigenvalue weighted by molar-refractivity contribution is 0.0957. The second-order valence-electron chi connectivity index (χ2n) is 4.52. The normalized spacial score (nSPS) is 17.1. The number of primary amides is 1. The first-order valence-corrected chi connectivity index (χ1v) is 5.87. The summed E-state index contributed by atoms with van der Waals surface area (Å²) in [7, 11) is 0. The number of carbonyl (C=O) groups is 2. The van der Waals surface area contributed by atoms with E-state index in [-0.39, 0.29) is 11.9 Å². The highest BCUT2D eigenvalue weighted by Gasteiger charge is 2.32. The Hall–Kier alpha value is -2.56. The minimum Gasteiger partial charge on any atom is -0.464 e. The highest BCUT2D eigenvalue weighted by atomic mass is 16.3. The van der Waals surface area contributed by atoms with Gasteiger partial charge in [0.15, 0.2) is 0 Å². The highest BCUT2D eigenvalue weighted by molar-refractivity contribution is 6.02. The molecule has 0 saturated heterocycles. The fourth-order valence-corrected chi connectivity index (χ4v) is 2.28. The van der Waals surface area contributed by atoms with Crippen LogP contribution in [0, 0.1) is 6.92 Å². The lowest BCUT2D eigenvalue weighted by Crippen LogP contribution is -2.19. The first-order valence-electron chi connectivity index (χ1n) is 5.87. The third-order valence-electron chi connectivity index (χ3n) is 3.21. The van der Waals surface area contributed by atoms with Gasteiger partial charge in [0.05, 0.1) is 0 Å². The highest BCUT2D eigenvalue weighted by Crippen LogP contribution is 2.32. The summed E-state index contributed by atoms with van der Waals surface area (Å²) in [5.41, 5.74) is 6.80. The molecule has 1 atom stereocenters. The fraction of sp³-hybridized carbons (Fsp3) is 0.143. The summed E-state index contributed by atoms with van der Waals surface area (Å²) in [4.78, 5) is 23.1. The smallest absolute Gasteiger partial charge is 0.252 e. The molecule has 0 aliphatic carbocycles. The maximum absolute atomic E-state index is 11.9. The second kappa shape index (κ2) is 3.98. The largest absolute Gasteiger partial charge is 0.464 e. The van der Waals surface area contributed by atoms with Gasteiger partial charge < -0.3 is 15.5 Å². The van der Waals surface area contributed by atoms with Crippen molar-refractivity contribution in [1.29, 1.82) is 0 Å². The Balaban J connectivity index is 2.08. The number of hydrogen-bond donors (Lipinski definition) is 2. The third kappa shape index (κ3) is 1.79. The average Bonchev–Trinajstić information content (AvgIpc) is 2.94. The fourth-order valence-electron chi connectivity index (χ4n) is 2.28. The van der Waals surface area contributed by atoms with Crippen LogP contribution in [-0.2, 0) is 0 Å². The average molecular weight is 256 g/mol. The van der Waals surface area contributed by atoms with Crippen molar-refractivity contribution >= 4 is 11.8 Å². The molecular weight excluding hydrogens is 244 g/mol. The van der Waals surface area contributed by atoms with Crippen molar-refractivity contribution in [2.24, 2.45) is 5.73 Å². The van der Waals surface area contributed by atoms with Crippen molar-refractivity contribution in [3.8, 4) is 0 Å². The number of fused-ring (bicyclic) bond motifs is 1. The van der Waals surface area contributed by atoms with Crippen molar-refractivity contribution in [1.82, 2.24) is 5.32 Å². The first-order chi connectivity index (χ1) is 9.06. The van der Waals surface area contributed by atoms with Crippen molar-refractivity contribution in [3.63, 3.8) is 0 Å². The molecule has 0 spiro atoms. The van der Waals surface area contributed by atoms with Crippen molar-refractivity contribution in [2.75, 3.05) is 0 Å². The Kier molecular flexibility index (Phi) is 2.41. The number of nitrogens with two attached hydrogens (primary N) is 1. The van der Waals surface area contributed by atoms with Gasteiger partial charge in [-0.1, -0.05) is 6.07 Å². The Labute approximate surface area is 109 Å². The molecule has 0 fully saturated rings. The predicted octanol–water partition coefficient (Wildman–Crippen LogP) is 1.52. The molecule has 0 bridgehead atoms. The second-order valence-corrected chi connectivity index (χ2v) is 4.52. The van der Waals surface area contributed by atoms with Crippen LogP contribution in [0.15, 0.2) is 34.7 Å². The van der Waals surface area contributed by atoms with E-state index in [0.29, 0.717) is 16.9 Å². The SMILES string of the molecule is Cc1ccc(C2NC(=O)c3cc(C(N)=O)ccc32)o1. The summed E-state index contributed by atoms with van der Waals surface area (Å²) < 4.78 is 5.54. The van der Waals surface area contributed by atoms with Gasteiger partial charge in [0.1, 0.15) is 17.6 Å². The van der Waals surface area contributed by atoms with E-state index in [9.17, 15) is 9.59 Å². The summed E-state index contributed by atoms with van der Waals surface area (Å²) in [5, 5.41) is 2.83. The van der Waals surface area contributed by atoms with Gasteiger partial charge in [-0.15, -0.1) is 0 Å². The molecule has 1 aliphatic rings. The Bertz CT molecular complexity index is 688. The van der Waals surface area contributed by atoms with Crippen LogP contribution < -0.4 is 11.1 Å². The molecule has 5 heteroatoms. The number of nitrogens with one attached hydrogen (secondary N) is 1.